The monoisotopic (exact) mass is 286 g/mol. The molecule has 108 valence electrons. The molecule has 0 atom stereocenters. The first-order chi connectivity index (χ1) is 9.50. The second-order valence-corrected chi connectivity index (χ2v) is 4.04. The number of carboxylic acids is 1. The van der Waals surface area contributed by atoms with Gasteiger partial charge in [0, 0.05) is 0 Å². The van der Waals surface area contributed by atoms with Crippen LogP contribution in [0.1, 0.15) is 10.4 Å². The first kappa shape index (κ1) is 14.0. The summed E-state index contributed by atoms with van der Waals surface area (Å²) in [6.45, 7) is -0.505. The fourth-order valence-corrected chi connectivity index (χ4v) is 1.89. The Morgan fingerprint density at radius 2 is 2.20 bits per heavy atom. The fourth-order valence-electron chi connectivity index (χ4n) is 1.89. The predicted octanol–water partition coefficient (Wildman–Crippen LogP) is 1.56. The number of rotatable bonds is 3. The van der Waals surface area contributed by atoms with E-state index in [1.54, 1.807) is 0 Å². The van der Waals surface area contributed by atoms with Crippen molar-refractivity contribution in [3.63, 3.8) is 0 Å². The molecule has 0 fully saturated rings. The Labute approximate surface area is 112 Å². The Bertz CT molecular complexity index is 536. The van der Waals surface area contributed by atoms with Crippen LogP contribution in [0.4, 0.5) is 19.3 Å². The predicted molar refractivity (Wildman–Crippen MR) is 65.6 cm³/mol. The molecule has 8 heteroatoms. The van der Waals surface area contributed by atoms with Gasteiger partial charge in [-0.1, -0.05) is 6.07 Å². The van der Waals surface area contributed by atoms with Crippen LogP contribution in [0.3, 0.4) is 0 Å². The minimum Gasteiger partial charge on any atom is -0.489 e. The average molecular weight is 286 g/mol. The molecule has 1 aliphatic heterocycles. The van der Waals surface area contributed by atoms with E-state index in [0.717, 1.165) is 0 Å². The van der Waals surface area contributed by atoms with Gasteiger partial charge < -0.3 is 15.2 Å². The molecule has 0 aromatic heterocycles. The molecule has 6 nitrogen and oxygen atoms in total. The molecule has 1 aliphatic rings. The van der Waals surface area contributed by atoms with E-state index in [1.165, 1.54) is 23.1 Å². The molecule has 1 heterocycles. The zero-order chi connectivity index (χ0) is 14.7. The smallest absolute Gasteiger partial charge is 0.339 e. The molecule has 0 saturated carbocycles. The lowest BCUT2D eigenvalue weighted by Crippen LogP contribution is -2.45. The van der Waals surface area contributed by atoms with Gasteiger partial charge in [0.05, 0.1) is 18.8 Å². The van der Waals surface area contributed by atoms with Gasteiger partial charge in [0.25, 0.3) is 6.43 Å². The number of nitrogens with one attached hydrogen (secondary N) is 1. The van der Waals surface area contributed by atoms with Crippen LogP contribution in [0.15, 0.2) is 18.2 Å². The number of nitrogens with zero attached hydrogens (tertiary/aromatic N) is 1. The molecule has 1 aromatic carbocycles. The second kappa shape index (κ2) is 5.72. The Kier molecular flexibility index (Phi) is 4.02. The number of amides is 2. The van der Waals surface area contributed by atoms with Gasteiger partial charge in [-0.05, 0) is 12.1 Å². The number of fused-ring (bicyclic) bond motifs is 1. The Balaban J connectivity index is 2.26. The third-order valence-electron chi connectivity index (χ3n) is 2.73. The van der Waals surface area contributed by atoms with Crippen molar-refractivity contribution in [2.45, 2.75) is 6.43 Å². The van der Waals surface area contributed by atoms with Gasteiger partial charge in [0.2, 0.25) is 0 Å². The highest BCUT2D eigenvalue weighted by molar-refractivity contribution is 5.99. The molecular formula is C12H12F2N2O4. The number of ether oxygens (including phenoxy) is 1. The highest BCUT2D eigenvalue weighted by Crippen LogP contribution is 2.34. The number of hydrogen-bond donors (Lipinski definition) is 2. The van der Waals surface area contributed by atoms with E-state index in [0.29, 0.717) is 0 Å². The largest absolute Gasteiger partial charge is 0.489 e. The number of halogens is 2. The van der Waals surface area contributed by atoms with Gasteiger partial charge >= 0.3 is 12.0 Å². The van der Waals surface area contributed by atoms with Gasteiger partial charge in [-0.3, -0.25) is 4.90 Å². The first-order valence-electron chi connectivity index (χ1n) is 5.83. The topological polar surface area (TPSA) is 78.9 Å². The summed E-state index contributed by atoms with van der Waals surface area (Å²) >= 11 is 0. The summed E-state index contributed by atoms with van der Waals surface area (Å²) in [6, 6.07) is 3.60. The molecule has 0 unspecified atom stereocenters. The quantitative estimate of drug-likeness (QED) is 0.883. The van der Waals surface area contributed by atoms with Crippen molar-refractivity contribution in [3.05, 3.63) is 23.8 Å². The van der Waals surface area contributed by atoms with Crippen LogP contribution in [-0.4, -0.2) is 43.2 Å². The Morgan fingerprint density at radius 1 is 1.45 bits per heavy atom. The number of carbonyl (C=O) groups excluding carboxylic acids is 1. The summed E-state index contributed by atoms with van der Waals surface area (Å²) in [4.78, 5) is 24.1. The van der Waals surface area contributed by atoms with Crippen LogP contribution in [0.25, 0.3) is 0 Å². The SMILES string of the molecule is O=C(O)c1cccc2c1OCCN2C(=O)NCC(F)F. The van der Waals surface area contributed by atoms with Crippen molar-refractivity contribution < 1.29 is 28.2 Å². The van der Waals surface area contributed by atoms with E-state index in [1.807, 2.05) is 0 Å². The van der Waals surface area contributed by atoms with Gasteiger partial charge in [-0.15, -0.1) is 0 Å². The van der Waals surface area contributed by atoms with Crippen LogP contribution in [0, 0.1) is 0 Å². The summed E-state index contributed by atoms with van der Waals surface area (Å²) in [5.41, 5.74) is 0.178. The van der Waals surface area contributed by atoms with Gasteiger partial charge in [-0.2, -0.15) is 0 Å². The van der Waals surface area contributed by atoms with Crippen LogP contribution in [0.2, 0.25) is 0 Å². The van der Waals surface area contributed by atoms with Crippen molar-refractivity contribution >= 4 is 17.7 Å². The Hall–Kier alpha value is -2.38. The summed E-state index contributed by atoms with van der Waals surface area (Å²) in [6.07, 6.45) is -2.65. The molecular weight excluding hydrogens is 274 g/mol. The number of alkyl halides is 2. The minimum atomic E-state index is -2.65. The molecule has 20 heavy (non-hydrogen) atoms. The third kappa shape index (κ3) is 2.79. The Morgan fingerprint density at radius 3 is 2.85 bits per heavy atom. The number of carbonyl (C=O) groups is 2. The second-order valence-electron chi connectivity index (χ2n) is 4.04. The summed E-state index contributed by atoms with van der Waals surface area (Å²) < 4.78 is 29.5. The standard InChI is InChI=1S/C12H12F2N2O4/c13-9(14)6-15-12(19)16-4-5-20-10-7(11(17)18)2-1-3-8(10)16/h1-3,9H,4-6H2,(H,15,19)(H,17,18). The zero-order valence-electron chi connectivity index (χ0n) is 10.3. The zero-order valence-corrected chi connectivity index (χ0v) is 10.3. The van der Waals surface area contributed by atoms with E-state index < -0.39 is 25.0 Å². The number of aromatic carboxylic acids is 1. The number of hydrogen-bond acceptors (Lipinski definition) is 3. The third-order valence-corrected chi connectivity index (χ3v) is 2.73. The van der Waals surface area contributed by atoms with Crippen LogP contribution in [-0.2, 0) is 0 Å². The molecule has 2 N–H and O–H groups in total. The maximum atomic E-state index is 12.1. The van der Waals surface area contributed by atoms with Crippen molar-refractivity contribution in [2.24, 2.45) is 0 Å². The van der Waals surface area contributed by atoms with Crippen LogP contribution >= 0.6 is 0 Å². The fraction of sp³-hybridized carbons (Fsp3) is 0.333. The van der Waals surface area contributed by atoms with E-state index in [2.05, 4.69) is 5.32 Å². The number of benzene rings is 1. The molecule has 0 radical (unpaired) electrons. The number of para-hydroxylation sites is 1. The van der Waals surface area contributed by atoms with Gasteiger partial charge in [0.1, 0.15) is 12.2 Å². The highest BCUT2D eigenvalue weighted by Gasteiger charge is 2.27. The highest BCUT2D eigenvalue weighted by atomic mass is 19.3. The molecule has 0 aliphatic carbocycles. The molecule has 2 amide bonds. The average Bonchev–Trinajstić information content (AvgIpc) is 2.43. The van der Waals surface area contributed by atoms with E-state index >= 15 is 0 Å². The van der Waals surface area contributed by atoms with Crippen LogP contribution in [0.5, 0.6) is 5.75 Å². The molecule has 1 aromatic rings. The van der Waals surface area contributed by atoms with Crippen molar-refractivity contribution in [1.82, 2.24) is 5.32 Å². The number of urea groups is 1. The number of carboxylic acid groups (broad SMARTS) is 1. The lowest BCUT2D eigenvalue weighted by molar-refractivity contribution is 0.0692. The lowest BCUT2D eigenvalue weighted by atomic mass is 10.1. The summed E-state index contributed by atoms with van der Waals surface area (Å²) in [5.74, 6) is -1.12. The minimum absolute atomic E-state index is 0.0680. The van der Waals surface area contributed by atoms with Crippen LogP contribution < -0.4 is 15.0 Å². The van der Waals surface area contributed by atoms with Crippen molar-refractivity contribution in [3.8, 4) is 5.75 Å². The first-order valence-corrected chi connectivity index (χ1v) is 5.83. The summed E-state index contributed by atoms with van der Waals surface area (Å²) in [7, 11) is 0. The lowest BCUT2D eigenvalue weighted by Gasteiger charge is -2.30. The van der Waals surface area contributed by atoms with E-state index in [-0.39, 0.29) is 30.2 Å². The molecule has 0 spiro atoms. The molecule has 0 saturated heterocycles. The number of anilines is 1. The van der Waals surface area contributed by atoms with Gasteiger partial charge in [0.15, 0.2) is 5.75 Å². The van der Waals surface area contributed by atoms with E-state index in [4.69, 9.17) is 9.84 Å². The molecule has 0 bridgehead atoms. The molecule has 2 rings (SSSR count). The maximum absolute atomic E-state index is 12.1. The van der Waals surface area contributed by atoms with Crippen molar-refractivity contribution in [1.29, 1.82) is 0 Å². The normalized spacial score (nSPS) is 13.7. The van der Waals surface area contributed by atoms with Gasteiger partial charge in [-0.25, -0.2) is 18.4 Å². The maximum Gasteiger partial charge on any atom is 0.339 e. The summed E-state index contributed by atoms with van der Waals surface area (Å²) in [5, 5.41) is 11.1. The van der Waals surface area contributed by atoms with Crippen molar-refractivity contribution in [2.75, 3.05) is 24.6 Å². The van der Waals surface area contributed by atoms with E-state index in [9.17, 15) is 18.4 Å².